The number of nitrogens with zero attached hydrogens (tertiary/aromatic N) is 2. The summed E-state index contributed by atoms with van der Waals surface area (Å²) >= 11 is 0. The minimum absolute atomic E-state index is 0.149. The lowest BCUT2D eigenvalue weighted by Gasteiger charge is -2.45. The van der Waals surface area contributed by atoms with Crippen molar-refractivity contribution in [2.24, 2.45) is 10.7 Å². The van der Waals surface area contributed by atoms with Gasteiger partial charge in [-0.15, -0.1) is 0 Å². The van der Waals surface area contributed by atoms with Crippen molar-refractivity contribution in [3.05, 3.63) is 0 Å². The smallest absolute Gasteiger partial charge is 0.346 e. The molecule has 2 amide bonds. The Kier molecular flexibility index (Phi) is 2.27. The number of hydrogen-bond donors (Lipinski definition) is 1. The summed E-state index contributed by atoms with van der Waals surface area (Å²) in [7, 11) is 0. The Morgan fingerprint density at radius 2 is 1.79 bits per heavy atom. The molecule has 19 heavy (non-hydrogen) atoms. The van der Waals surface area contributed by atoms with Gasteiger partial charge in [-0.1, -0.05) is 0 Å². The monoisotopic (exact) mass is 265 g/mol. The molecule has 2 saturated carbocycles. The van der Waals surface area contributed by atoms with Crippen molar-refractivity contribution in [2.75, 3.05) is 13.2 Å². The number of amides is 2. The van der Waals surface area contributed by atoms with Gasteiger partial charge < -0.3 is 20.1 Å². The number of ether oxygens (including phenoxy) is 2. The van der Waals surface area contributed by atoms with E-state index in [4.69, 9.17) is 15.2 Å². The zero-order chi connectivity index (χ0) is 13.1. The summed E-state index contributed by atoms with van der Waals surface area (Å²) in [5, 5.41) is 0. The number of aliphatic imine (C=N–C) groups is 1. The van der Waals surface area contributed by atoms with Crippen LogP contribution in [0, 0.1) is 0 Å². The van der Waals surface area contributed by atoms with Gasteiger partial charge in [0.15, 0.2) is 5.79 Å². The van der Waals surface area contributed by atoms with Gasteiger partial charge in [0.1, 0.15) is 11.4 Å². The van der Waals surface area contributed by atoms with Gasteiger partial charge in [0.05, 0.1) is 13.2 Å². The van der Waals surface area contributed by atoms with E-state index in [-0.39, 0.29) is 11.6 Å². The lowest BCUT2D eigenvalue weighted by Crippen LogP contribution is -2.59. The maximum Gasteiger partial charge on any atom is 0.346 e. The van der Waals surface area contributed by atoms with Crippen LogP contribution in [0.25, 0.3) is 0 Å². The fourth-order valence-corrected chi connectivity index (χ4v) is 3.73. The number of nitrogens with two attached hydrogens (primary N) is 1. The molecule has 0 radical (unpaired) electrons. The largest absolute Gasteiger partial charge is 0.385 e. The van der Waals surface area contributed by atoms with Crippen molar-refractivity contribution in [3.8, 4) is 0 Å². The molecule has 0 aromatic rings. The standard InChI is InChI=1S/C13H19N3O3/c14-10-12(16(9-1-2-9)11(17)15-10)3-5-13(6-4-12)18-7-8-19-13/h9H,1-8H2,(H2,14,15,17). The van der Waals surface area contributed by atoms with Gasteiger partial charge in [0, 0.05) is 18.9 Å². The van der Waals surface area contributed by atoms with Gasteiger partial charge in [0.25, 0.3) is 0 Å². The second-order valence-corrected chi connectivity index (χ2v) is 6.02. The summed E-state index contributed by atoms with van der Waals surface area (Å²) < 4.78 is 11.5. The Balaban J connectivity index is 1.60. The molecule has 6 nitrogen and oxygen atoms in total. The second-order valence-electron chi connectivity index (χ2n) is 6.02. The lowest BCUT2D eigenvalue weighted by atomic mass is 9.77. The molecule has 1 saturated heterocycles. The van der Waals surface area contributed by atoms with E-state index in [0.717, 1.165) is 38.5 Å². The molecule has 4 aliphatic rings. The van der Waals surface area contributed by atoms with Gasteiger partial charge in [-0.05, 0) is 25.7 Å². The highest BCUT2D eigenvalue weighted by atomic mass is 16.7. The molecular formula is C13H19N3O3. The summed E-state index contributed by atoms with van der Waals surface area (Å²) in [5.41, 5.74) is 5.72. The molecule has 0 aromatic carbocycles. The molecule has 2 aliphatic carbocycles. The van der Waals surface area contributed by atoms with Crippen LogP contribution in [0.15, 0.2) is 4.99 Å². The third kappa shape index (κ3) is 1.56. The molecule has 0 atom stereocenters. The average molecular weight is 265 g/mol. The summed E-state index contributed by atoms with van der Waals surface area (Å²) in [6.07, 6.45) is 5.33. The first-order valence-corrected chi connectivity index (χ1v) is 7.11. The van der Waals surface area contributed by atoms with Crippen LogP contribution in [-0.4, -0.2) is 47.3 Å². The first kappa shape index (κ1) is 11.7. The molecular weight excluding hydrogens is 246 g/mol. The molecule has 0 bridgehead atoms. The number of hydrogen-bond acceptors (Lipinski definition) is 4. The van der Waals surface area contributed by atoms with Crippen LogP contribution in [0.1, 0.15) is 38.5 Å². The normalized spacial score (nSPS) is 32.3. The van der Waals surface area contributed by atoms with Gasteiger partial charge in [-0.2, -0.15) is 4.99 Å². The maximum absolute atomic E-state index is 12.0. The highest BCUT2D eigenvalue weighted by molar-refractivity contribution is 6.06. The molecule has 6 heteroatoms. The fourth-order valence-electron chi connectivity index (χ4n) is 3.73. The van der Waals surface area contributed by atoms with Crippen LogP contribution in [-0.2, 0) is 9.47 Å². The quantitative estimate of drug-likeness (QED) is 0.767. The van der Waals surface area contributed by atoms with E-state index < -0.39 is 5.79 Å². The minimum atomic E-state index is -0.424. The topological polar surface area (TPSA) is 77.2 Å². The van der Waals surface area contributed by atoms with Crippen molar-refractivity contribution in [2.45, 2.75) is 55.9 Å². The molecule has 2 N–H and O–H groups in total. The van der Waals surface area contributed by atoms with Crippen molar-refractivity contribution >= 4 is 11.9 Å². The molecule has 2 spiro atoms. The number of carbonyl (C=O) groups excluding carboxylic acids is 1. The number of rotatable bonds is 1. The predicted octanol–water partition coefficient (Wildman–Crippen LogP) is 0.998. The molecule has 4 rings (SSSR count). The Hall–Kier alpha value is -1.14. The fraction of sp³-hybridized carbons (Fsp3) is 0.846. The van der Waals surface area contributed by atoms with E-state index >= 15 is 0 Å². The number of carbonyl (C=O) groups is 1. The van der Waals surface area contributed by atoms with E-state index in [1.807, 2.05) is 4.90 Å². The van der Waals surface area contributed by atoms with Crippen LogP contribution in [0.5, 0.6) is 0 Å². The van der Waals surface area contributed by atoms with Crippen LogP contribution >= 0.6 is 0 Å². The highest BCUT2D eigenvalue weighted by Crippen LogP contribution is 2.48. The van der Waals surface area contributed by atoms with E-state index in [1.54, 1.807) is 0 Å². The van der Waals surface area contributed by atoms with Crippen LogP contribution in [0.3, 0.4) is 0 Å². The predicted molar refractivity (Wildman–Crippen MR) is 67.7 cm³/mol. The van der Waals surface area contributed by atoms with E-state index in [0.29, 0.717) is 25.1 Å². The molecule has 3 fully saturated rings. The summed E-state index contributed by atoms with van der Waals surface area (Å²) in [6.45, 7) is 1.34. The lowest BCUT2D eigenvalue weighted by molar-refractivity contribution is -0.186. The zero-order valence-corrected chi connectivity index (χ0v) is 10.9. The molecule has 2 aliphatic heterocycles. The second kappa shape index (κ2) is 3.70. The first-order chi connectivity index (χ1) is 9.15. The van der Waals surface area contributed by atoms with E-state index in [1.165, 1.54) is 0 Å². The van der Waals surface area contributed by atoms with Gasteiger partial charge in [-0.3, -0.25) is 0 Å². The third-order valence-corrected chi connectivity index (χ3v) is 4.92. The Morgan fingerprint density at radius 1 is 1.16 bits per heavy atom. The van der Waals surface area contributed by atoms with Crippen LogP contribution < -0.4 is 5.73 Å². The SMILES string of the molecule is NC1=NC(=O)N(C2CC2)C12CCC1(CC2)OCCO1. The third-order valence-electron chi connectivity index (χ3n) is 4.92. The van der Waals surface area contributed by atoms with Crippen molar-refractivity contribution in [3.63, 3.8) is 0 Å². The Morgan fingerprint density at radius 3 is 2.37 bits per heavy atom. The van der Waals surface area contributed by atoms with Crippen molar-refractivity contribution in [1.29, 1.82) is 0 Å². The van der Waals surface area contributed by atoms with E-state index in [2.05, 4.69) is 4.99 Å². The number of urea groups is 1. The average Bonchev–Trinajstić information content (AvgIpc) is 3.06. The van der Waals surface area contributed by atoms with Crippen LogP contribution in [0.2, 0.25) is 0 Å². The van der Waals surface area contributed by atoms with Gasteiger partial charge in [-0.25, -0.2) is 4.79 Å². The van der Waals surface area contributed by atoms with Gasteiger partial charge in [0.2, 0.25) is 0 Å². The van der Waals surface area contributed by atoms with Crippen molar-refractivity contribution < 1.29 is 14.3 Å². The zero-order valence-electron chi connectivity index (χ0n) is 10.9. The Bertz CT molecular complexity index is 442. The molecule has 104 valence electrons. The molecule has 2 heterocycles. The molecule has 0 unspecified atom stereocenters. The maximum atomic E-state index is 12.0. The number of amidine groups is 1. The van der Waals surface area contributed by atoms with E-state index in [9.17, 15) is 4.79 Å². The highest BCUT2D eigenvalue weighted by Gasteiger charge is 2.58. The summed E-state index contributed by atoms with van der Waals surface area (Å²) in [5.74, 6) is 0.0732. The summed E-state index contributed by atoms with van der Waals surface area (Å²) in [4.78, 5) is 18.0. The summed E-state index contributed by atoms with van der Waals surface area (Å²) in [6, 6.07) is 0.195. The van der Waals surface area contributed by atoms with Crippen molar-refractivity contribution in [1.82, 2.24) is 4.90 Å². The van der Waals surface area contributed by atoms with Crippen LogP contribution in [0.4, 0.5) is 4.79 Å². The minimum Gasteiger partial charge on any atom is -0.385 e. The first-order valence-electron chi connectivity index (χ1n) is 7.11. The Labute approximate surface area is 111 Å². The molecule has 0 aromatic heterocycles. The van der Waals surface area contributed by atoms with Gasteiger partial charge >= 0.3 is 6.03 Å².